The molecular formula is C10H10ClF3O2S. The Morgan fingerprint density at radius 2 is 1.88 bits per heavy atom. The molecule has 0 amide bonds. The summed E-state index contributed by atoms with van der Waals surface area (Å²) in [6.45, 7) is 1.58. The van der Waals surface area contributed by atoms with Crippen LogP contribution >= 0.6 is 11.6 Å². The highest BCUT2D eigenvalue weighted by Gasteiger charge is 2.36. The molecule has 0 saturated carbocycles. The van der Waals surface area contributed by atoms with Crippen LogP contribution in [0.2, 0.25) is 5.02 Å². The number of halogens is 4. The van der Waals surface area contributed by atoms with Gasteiger partial charge in [0.1, 0.15) is 0 Å². The van der Waals surface area contributed by atoms with Gasteiger partial charge in [0, 0.05) is 5.02 Å². The van der Waals surface area contributed by atoms with E-state index in [0.717, 1.165) is 12.1 Å². The van der Waals surface area contributed by atoms with Crippen LogP contribution in [0.25, 0.3) is 0 Å². The van der Waals surface area contributed by atoms with Crippen molar-refractivity contribution in [3.05, 3.63) is 28.8 Å². The highest BCUT2D eigenvalue weighted by Crippen LogP contribution is 2.36. The van der Waals surface area contributed by atoms with Gasteiger partial charge >= 0.3 is 6.18 Å². The Labute approximate surface area is 102 Å². The number of sulfone groups is 1. The van der Waals surface area contributed by atoms with Gasteiger partial charge in [-0.1, -0.05) is 18.5 Å². The van der Waals surface area contributed by atoms with Crippen LogP contribution in [0.4, 0.5) is 13.2 Å². The van der Waals surface area contributed by atoms with E-state index in [1.807, 2.05) is 0 Å². The summed E-state index contributed by atoms with van der Waals surface area (Å²) in [5.74, 6) is -0.337. The topological polar surface area (TPSA) is 34.1 Å². The van der Waals surface area contributed by atoms with Crippen LogP contribution in [-0.4, -0.2) is 14.2 Å². The quantitative estimate of drug-likeness (QED) is 0.852. The summed E-state index contributed by atoms with van der Waals surface area (Å²) in [4.78, 5) is -0.751. The number of hydrogen-bond donors (Lipinski definition) is 0. The Hall–Kier alpha value is -0.750. The van der Waals surface area contributed by atoms with Crippen molar-refractivity contribution in [2.45, 2.75) is 24.4 Å². The smallest absolute Gasteiger partial charge is 0.224 e. The van der Waals surface area contributed by atoms with Crippen LogP contribution in [0, 0.1) is 0 Å². The van der Waals surface area contributed by atoms with Crippen molar-refractivity contribution in [2.75, 3.05) is 5.75 Å². The fourth-order valence-corrected chi connectivity index (χ4v) is 3.19. The number of hydrogen-bond acceptors (Lipinski definition) is 2. The fourth-order valence-electron chi connectivity index (χ4n) is 1.37. The number of benzene rings is 1. The van der Waals surface area contributed by atoms with Gasteiger partial charge in [-0.3, -0.25) is 0 Å². The lowest BCUT2D eigenvalue weighted by Gasteiger charge is -2.13. The number of alkyl halides is 3. The molecule has 0 aliphatic carbocycles. The zero-order chi connectivity index (χ0) is 13.3. The molecule has 2 nitrogen and oxygen atoms in total. The molecule has 1 aromatic rings. The molecule has 0 heterocycles. The van der Waals surface area contributed by atoms with Crippen molar-refractivity contribution in [3.8, 4) is 0 Å². The fraction of sp³-hybridized carbons (Fsp3) is 0.400. The second-order valence-electron chi connectivity index (χ2n) is 3.46. The summed E-state index contributed by atoms with van der Waals surface area (Å²) in [5, 5.41) is -0.0346. The standard InChI is InChI=1S/C10H10ClF3O2S/c1-2-5-17(15,16)9-6-7(11)3-4-8(9)10(12,13)14/h3-4,6H,2,5H2,1H3. The summed E-state index contributed by atoms with van der Waals surface area (Å²) in [7, 11) is -3.95. The predicted octanol–water partition coefficient (Wildman–Crippen LogP) is 3.54. The summed E-state index contributed by atoms with van der Waals surface area (Å²) in [5.41, 5.74) is -1.17. The van der Waals surface area contributed by atoms with E-state index in [-0.39, 0.29) is 17.2 Å². The lowest BCUT2D eigenvalue weighted by atomic mass is 10.2. The molecule has 0 aromatic heterocycles. The second kappa shape index (κ2) is 4.86. The Morgan fingerprint density at radius 1 is 1.29 bits per heavy atom. The van der Waals surface area contributed by atoms with Crippen molar-refractivity contribution in [1.82, 2.24) is 0 Å². The third-order valence-electron chi connectivity index (χ3n) is 2.06. The van der Waals surface area contributed by atoms with Crippen LogP contribution in [0.3, 0.4) is 0 Å². The minimum absolute atomic E-state index is 0.0346. The van der Waals surface area contributed by atoms with Gasteiger partial charge in [0.15, 0.2) is 9.84 Å². The maximum Gasteiger partial charge on any atom is 0.417 e. The second-order valence-corrected chi connectivity index (χ2v) is 5.97. The molecule has 0 unspecified atom stereocenters. The average Bonchev–Trinajstić information content (AvgIpc) is 2.15. The van der Waals surface area contributed by atoms with Gasteiger partial charge in [-0.05, 0) is 24.6 Å². The van der Waals surface area contributed by atoms with Crippen molar-refractivity contribution in [2.24, 2.45) is 0 Å². The third-order valence-corrected chi connectivity index (χ3v) is 4.25. The monoisotopic (exact) mass is 286 g/mol. The van der Waals surface area contributed by atoms with Gasteiger partial charge in [0.25, 0.3) is 0 Å². The summed E-state index contributed by atoms with van der Waals surface area (Å²) in [6, 6.07) is 2.55. The first-order valence-corrected chi connectivity index (χ1v) is 6.81. The summed E-state index contributed by atoms with van der Waals surface area (Å²) < 4.78 is 61.3. The molecule has 17 heavy (non-hydrogen) atoms. The molecule has 0 radical (unpaired) electrons. The highest BCUT2D eigenvalue weighted by molar-refractivity contribution is 7.91. The van der Waals surface area contributed by atoms with Gasteiger partial charge in [-0.25, -0.2) is 8.42 Å². The molecule has 0 N–H and O–H groups in total. The molecule has 1 aromatic carbocycles. The van der Waals surface area contributed by atoms with Gasteiger partial charge in [-0.15, -0.1) is 0 Å². The molecule has 0 saturated heterocycles. The van der Waals surface area contributed by atoms with Crippen LogP contribution in [0.1, 0.15) is 18.9 Å². The highest BCUT2D eigenvalue weighted by atomic mass is 35.5. The first-order valence-electron chi connectivity index (χ1n) is 4.78. The minimum atomic E-state index is -4.71. The first-order chi connectivity index (χ1) is 7.68. The number of rotatable bonds is 3. The van der Waals surface area contributed by atoms with Crippen molar-refractivity contribution >= 4 is 21.4 Å². The van der Waals surface area contributed by atoms with Crippen LogP contribution in [0.5, 0.6) is 0 Å². The van der Waals surface area contributed by atoms with Gasteiger partial charge in [0.05, 0.1) is 16.2 Å². The Bertz CT molecular complexity index is 509. The zero-order valence-corrected chi connectivity index (χ0v) is 10.5. The molecule has 0 spiro atoms. The van der Waals surface area contributed by atoms with E-state index in [4.69, 9.17) is 11.6 Å². The largest absolute Gasteiger partial charge is 0.417 e. The molecule has 0 fully saturated rings. The van der Waals surface area contributed by atoms with E-state index >= 15 is 0 Å². The Morgan fingerprint density at radius 3 is 2.35 bits per heavy atom. The first kappa shape index (κ1) is 14.3. The molecule has 0 bridgehead atoms. The van der Waals surface area contributed by atoms with Crippen LogP contribution < -0.4 is 0 Å². The van der Waals surface area contributed by atoms with Gasteiger partial charge < -0.3 is 0 Å². The molecular weight excluding hydrogens is 277 g/mol. The van der Waals surface area contributed by atoms with Gasteiger partial charge in [0.2, 0.25) is 0 Å². The molecule has 1 rings (SSSR count). The maximum absolute atomic E-state index is 12.6. The summed E-state index contributed by atoms with van der Waals surface area (Å²) >= 11 is 5.54. The normalized spacial score (nSPS) is 12.8. The van der Waals surface area contributed by atoms with E-state index in [0.29, 0.717) is 6.07 Å². The van der Waals surface area contributed by atoms with E-state index < -0.39 is 26.5 Å². The lowest BCUT2D eigenvalue weighted by Crippen LogP contribution is -2.15. The average molecular weight is 287 g/mol. The summed E-state index contributed by atoms with van der Waals surface area (Å²) in [6.07, 6.45) is -4.47. The maximum atomic E-state index is 12.6. The lowest BCUT2D eigenvalue weighted by molar-refractivity contribution is -0.139. The van der Waals surface area contributed by atoms with Crippen molar-refractivity contribution in [1.29, 1.82) is 0 Å². The molecule has 7 heteroatoms. The SMILES string of the molecule is CCCS(=O)(=O)c1cc(Cl)ccc1C(F)(F)F. The van der Waals surface area contributed by atoms with E-state index in [1.54, 1.807) is 6.92 Å². The van der Waals surface area contributed by atoms with Crippen molar-refractivity contribution in [3.63, 3.8) is 0 Å². The molecule has 0 aliphatic heterocycles. The van der Waals surface area contributed by atoms with Crippen molar-refractivity contribution < 1.29 is 21.6 Å². The van der Waals surface area contributed by atoms with E-state index in [1.165, 1.54) is 0 Å². The Kier molecular flexibility index (Phi) is 4.09. The minimum Gasteiger partial charge on any atom is -0.224 e. The molecule has 96 valence electrons. The van der Waals surface area contributed by atoms with E-state index in [9.17, 15) is 21.6 Å². The Balaban J connectivity index is 3.46. The zero-order valence-electron chi connectivity index (χ0n) is 8.88. The van der Waals surface area contributed by atoms with Crippen LogP contribution in [0.15, 0.2) is 23.1 Å². The predicted molar refractivity (Wildman–Crippen MR) is 58.8 cm³/mol. The van der Waals surface area contributed by atoms with Crippen LogP contribution in [-0.2, 0) is 16.0 Å². The third kappa shape index (κ3) is 3.35. The molecule has 0 atom stereocenters. The van der Waals surface area contributed by atoms with E-state index in [2.05, 4.69) is 0 Å². The molecule has 0 aliphatic rings. The van der Waals surface area contributed by atoms with Gasteiger partial charge in [-0.2, -0.15) is 13.2 Å².